The molecule has 1 aromatic heterocycles. The van der Waals surface area contributed by atoms with E-state index in [-0.39, 0.29) is 11.7 Å². The van der Waals surface area contributed by atoms with E-state index in [1.54, 1.807) is 25.3 Å². The molecule has 4 aromatic carbocycles. The first-order valence-corrected chi connectivity index (χ1v) is 15.8. The molecule has 0 saturated heterocycles. The van der Waals surface area contributed by atoms with Crippen LogP contribution in [0.15, 0.2) is 112 Å². The molecule has 0 bridgehead atoms. The number of esters is 1. The average Bonchev–Trinajstić information content (AvgIpc) is 3.34. The highest BCUT2D eigenvalue weighted by atomic mass is 32.1. The zero-order chi connectivity index (χ0) is 31.5. The predicted octanol–water partition coefficient (Wildman–Crippen LogP) is 6.32. The number of hydrogen-bond acceptors (Lipinski definition) is 7. The molecule has 45 heavy (non-hydrogen) atoms. The van der Waals surface area contributed by atoms with Crippen molar-refractivity contribution in [2.75, 3.05) is 6.61 Å². The standard InChI is InChI=1S/C37H34N2O5S/c1-5-42-28-18-15-27(16-19-28)34-33(36(41)44-23(2)3)24(4)38-37-39(34)35(40)32(45-37)21-30-29-14-10-9-13-26(29)17-20-31(30)43-22-25-11-7-6-8-12-25/h6-21,23,34H,5,22H2,1-4H3/b32-21+/t34-/m1/s1. The molecule has 0 spiro atoms. The highest BCUT2D eigenvalue weighted by molar-refractivity contribution is 7.07. The third kappa shape index (κ3) is 6.19. The van der Waals surface area contributed by atoms with E-state index < -0.39 is 12.0 Å². The van der Waals surface area contributed by atoms with E-state index in [4.69, 9.17) is 19.2 Å². The quantitative estimate of drug-likeness (QED) is 0.181. The van der Waals surface area contributed by atoms with Crippen LogP contribution in [0.3, 0.4) is 0 Å². The molecule has 0 radical (unpaired) electrons. The topological polar surface area (TPSA) is 79.1 Å². The fraction of sp³-hybridized carbons (Fsp3) is 0.216. The van der Waals surface area contributed by atoms with Crippen molar-refractivity contribution in [2.45, 2.75) is 46.4 Å². The van der Waals surface area contributed by atoms with Crippen LogP contribution < -0.4 is 24.4 Å². The maximum absolute atomic E-state index is 14.3. The number of nitrogens with zero attached hydrogens (tertiary/aromatic N) is 2. The summed E-state index contributed by atoms with van der Waals surface area (Å²) in [7, 11) is 0. The van der Waals surface area contributed by atoms with Gasteiger partial charge in [-0.15, -0.1) is 0 Å². The lowest BCUT2D eigenvalue weighted by molar-refractivity contribution is -0.143. The lowest BCUT2D eigenvalue weighted by Gasteiger charge is -2.25. The van der Waals surface area contributed by atoms with Gasteiger partial charge in [0.05, 0.1) is 34.6 Å². The minimum Gasteiger partial charge on any atom is -0.494 e. The van der Waals surface area contributed by atoms with E-state index in [2.05, 4.69) is 0 Å². The third-order valence-electron chi connectivity index (χ3n) is 7.53. The van der Waals surface area contributed by atoms with Gasteiger partial charge in [-0.2, -0.15) is 0 Å². The van der Waals surface area contributed by atoms with Crippen LogP contribution in [0, 0.1) is 0 Å². The molecular weight excluding hydrogens is 584 g/mol. The second-order valence-corrected chi connectivity index (χ2v) is 12.0. The van der Waals surface area contributed by atoms with Gasteiger partial charge < -0.3 is 14.2 Å². The number of fused-ring (bicyclic) bond motifs is 2. The summed E-state index contributed by atoms with van der Waals surface area (Å²) in [6, 6.07) is 28.7. The Morgan fingerprint density at radius 1 is 0.956 bits per heavy atom. The van der Waals surface area contributed by atoms with Crippen LogP contribution in [0.4, 0.5) is 0 Å². The number of thiazole rings is 1. The van der Waals surface area contributed by atoms with Gasteiger partial charge in [-0.3, -0.25) is 9.36 Å². The van der Waals surface area contributed by atoms with E-state index in [9.17, 15) is 9.59 Å². The fourth-order valence-electron chi connectivity index (χ4n) is 5.51. The molecule has 1 aliphatic rings. The maximum atomic E-state index is 14.3. The van der Waals surface area contributed by atoms with E-state index in [1.807, 2.05) is 104 Å². The van der Waals surface area contributed by atoms with Crippen molar-refractivity contribution in [3.8, 4) is 11.5 Å². The maximum Gasteiger partial charge on any atom is 0.338 e. The Morgan fingerprint density at radius 2 is 1.69 bits per heavy atom. The zero-order valence-electron chi connectivity index (χ0n) is 25.7. The Hall–Kier alpha value is -4.95. The summed E-state index contributed by atoms with van der Waals surface area (Å²) < 4.78 is 19.7. The predicted molar refractivity (Wildman–Crippen MR) is 177 cm³/mol. The van der Waals surface area contributed by atoms with E-state index in [0.717, 1.165) is 27.5 Å². The average molecular weight is 619 g/mol. The Bertz CT molecular complexity index is 2080. The van der Waals surface area contributed by atoms with E-state index in [1.165, 1.54) is 11.3 Å². The van der Waals surface area contributed by atoms with Crippen LogP contribution in [0.2, 0.25) is 0 Å². The first kappa shape index (κ1) is 30.1. The largest absolute Gasteiger partial charge is 0.494 e. The van der Waals surface area contributed by atoms with Crippen molar-refractivity contribution in [1.29, 1.82) is 0 Å². The summed E-state index contributed by atoms with van der Waals surface area (Å²) in [5.74, 6) is 0.883. The highest BCUT2D eigenvalue weighted by Gasteiger charge is 2.34. The molecular formula is C37H34N2O5S. The van der Waals surface area contributed by atoms with Crippen LogP contribution in [-0.4, -0.2) is 23.2 Å². The second kappa shape index (κ2) is 13.0. The lowest BCUT2D eigenvalue weighted by Crippen LogP contribution is -2.40. The van der Waals surface area contributed by atoms with Gasteiger partial charge in [-0.25, -0.2) is 9.79 Å². The van der Waals surface area contributed by atoms with Crippen LogP contribution in [0.5, 0.6) is 11.5 Å². The second-order valence-electron chi connectivity index (χ2n) is 11.0. The Morgan fingerprint density at radius 3 is 2.42 bits per heavy atom. The summed E-state index contributed by atoms with van der Waals surface area (Å²) in [5.41, 5.74) is 3.22. The zero-order valence-corrected chi connectivity index (χ0v) is 26.5. The van der Waals surface area contributed by atoms with Gasteiger partial charge in [0.2, 0.25) is 0 Å². The molecule has 228 valence electrons. The SMILES string of the molecule is CCOc1ccc([C@@H]2C(C(=O)OC(C)C)=C(C)N=c3s/c(=C/c4c(OCc5ccccc5)ccc5ccccc45)c(=O)n32)cc1. The molecule has 0 fully saturated rings. The van der Waals surface area contributed by atoms with Crippen LogP contribution in [-0.2, 0) is 16.1 Å². The Kier molecular flexibility index (Phi) is 8.67. The first-order valence-electron chi connectivity index (χ1n) is 15.0. The van der Waals surface area contributed by atoms with Crippen molar-refractivity contribution in [1.82, 2.24) is 4.57 Å². The summed E-state index contributed by atoms with van der Waals surface area (Å²) in [6.07, 6.45) is 1.55. The first-order chi connectivity index (χ1) is 21.8. The number of rotatable bonds is 9. The van der Waals surface area contributed by atoms with Gasteiger partial charge in [-0.1, -0.05) is 84.1 Å². The van der Waals surface area contributed by atoms with E-state index >= 15 is 0 Å². The van der Waals surface area contributed by atoms with E-state index in [0.29, 0.717) is 45.3 Å². The monoisotopic (exact) mass is 618 g/mol. The molecule has 0 N–H and O–H groups in total. The number of hydrogen-bond donors (Lipinski definition) is 0. The lowest BCUT2D eigenvalue weighted by atomic mass is 9.95. The van der Waals surface area contributed by atoms with Gasteiger partial charge in [0.1, 0.15) is 18.1 Å². The molecule has 1 atom stereocenters. The minimum absolute atomic E-state index is 0.248. The molecule has 5 aromatic rings. The fourth-order valence-corrected chi connectivity index (χ4v) is 6.53. The summed E-state index contributed by atoms with van der Waals surface area (Å²) in [6.45, 7) is 8.24. The third-order valence-corrected chi connectivity index (χ3v) is 8.52. The molecule has 7 nitrogen and oxygen atoms in total. The van der Waals surface area contributed by atoms with Gasteiger partial charge in [0.15, 0.2) is 4.80 Å². The summed E-state index contributed by atoms with van der Waals surface area (Å²) in [5, 5.41) is 2.00. The van der Waals surface area contributed by atoms with Gasteiger partial charge >= 0.3 is 5.97 Å². The molecule has 0 unspecified atom stereocenters. The minimum atomic E-state index is -0.716. The number of benzene rings is 4. The number of aromatic nitrogens is 1. The van der Waals surface area contributed by atoms with Crippen LogP contribution >= 0.6 is 11.3 Å². The number of allylic oxidation sites excluding steroid dienone is 1. The Labute approximate surface area is 265 Å². The normalized spacial score (nSPS) is 14.8. The van der Waals surface area contributed by atoms with Crippen molar-refractivity contribution >= 4 is 34.2 Å². The summed E-state index contributed by atoms with van der Waals surface area (Å²) >= 11 is 1.29. The van der Waals surface area contributed by atoms with Gasteiger partial charge in [-0.05, 0) is 73.9 Å². The van der Waals surface area contributed by atoms with Crippen molar-refractivity contribution in [3.63, 3.8) is 0 Å². The molecule has 0 saturated carbocycles. The van der Waals surface area contributed by atoms with Crippen LogP contribution in [0.1, 0.15) is 50.4 Å². The van der Waals surface area contributed by atoms with Gasteiger partial charge in [0.25, 0.3) is 5.56 Å². The van der Waals surface area contributed by atoms with Crippen molar-refractivity contribution < 1.29 is 19.0 Å². The number of carbonyl (C=O) groups excluding carboxylic acids is 1. The molecule has 6 rings (SSSR count). The smallest absolute Gasteiger partial charge is 0.338 e. The molecule has 1 aliphatic heterocycles. The molecule has 8 heteroatoms. The summed E-state index contributed by atoms with van der Waals surface area (Å²) in [4.78, 5) is 33.1. The number of carbonyl (C=O) groups is 1. The Balaban J connectivity index is 1.52. The number of ether oxygens (including phenoxy) is 3. The van der Waals surface area contributed by atoms with Crippen molar-refractivity contribution in [3.05, 3.63) is 139 Å². The van der Waals surface area contributed by atoms with Crippen LogP contribution in [0.25, 0.3) is 16.8 Å². The highest BCUT2D eigenvalue weighted by Crippen LogP contribution is 2.33. The molecule has 0 amide bonds. The molecule has 2 heterocycles. The van der Waals surface area contributed by atoms with Crippen molar-refractivity contribution in [2.24, 2.45) is 4.99 Å². The molecule has 0 aliphatic carbocycles. The van der Waals surface area contributed by atoms with Gasteiger partial charge in [0, 0.05) is 5.56 Å².